The van der Waals surface area contributed by atoms with Gasteiger partial charge in [-0.15, -0.1) is 0 Å². The van der Waals surface area contributed by atoms with Crippen LogP contribution in [0.2, 0.25) is 0 Å². The molecule has 20 heavy (non-hydrogen) atoms. The summed E-state index contributed by atoms with van der Waals surface area (Å²) in [6, 6.07) is 6.97. The second-order valence-corrected chi connectivity index (χ2v) is 5.28. The van der Waals surface area contributed by atoms with Crippen LogP contribution in [-0.4, -0.2) is 30.3 Å². The average molecular weight is 279 g/mol. The minimum absolute atomic E-state index is 0.276. The highest BCUT2D eigenvalue weighted by Crippen LogP contribution is 2.12. The standard InChI is InChI=1S/C16H25NO3/c1-4-12(2)11-13(3)17-9-10-20-15-7-5-14(6-8-15)16(18)19/h5-8,12-13,17H,4,9-11H2,1-3H3,(H,18,19). The van der Waals surface area contributed by atoms with E-state index >= 15 is 0 Å². The highest BCUT2D eigenvalue weighted by atomic mass is 16.5. The van der Waals surface area contributed by atoms with Gasteiger partial charge in [0, 0.05) is 12.6 Å². The molecule has 0 spiro atoms. The summed E-state index contributed by atoms with van der Waals surface area (Å²) in [5, 5.41) is 12.2. The maximum Gasteiger partial charge on any atom is 0.335 e. The van der Waals surface area contributed by atoms with E-state index < -0.39 is 5.97 Å². The fourth-order valence-corrected chi connectivity index (χ4v) is 2.02. The zero-order chi connectivity index (χ0) is 15.0. The summed E-state index contributed by atoms with van der Waals surface area (Å²) in [7, 11) is 0. The number of ether oxygens (including phenoxy) is 1. The third-order valence-corrected chi connectivity index (χ3v) is 3.42. The van der Waals surface area contributed by atoms with Crippen molar-refractivity contribution >= 4 is 5.97 Å². The molecule has 4 heteroatoms. The maximum absolute atomic E-state index is 10.7. The molecule has 1 aromatic rings. The maximum atomic E-state index is 10.7. The minimum Gasteiger partial charge on any atom is -0.492 e. The van der Waals surface area contributed by atoms with E-state index in [1.54, 1.807) is 24.3 Å². The number of hydrogen-bond acceptors (Lipinski definition) is 3. The van der Waals surface area contributed by atoms with Crippen LogP contribution in [-0.2, 0) is 0 Å². The van der Waals surface area contributed by atoms with Crippen LogP contribution in [0.25, 0.3) is 0 Å². The molecule has 1 aromatic carbocycles. The molecule has 2 N–H and O–H groups in total. The molecule has 0 bridgehead atoms. The molecule has 0 fully saturated rings. The van der Waals surface area contributed by atoms with E-state index in [9.17, 15) is 4.79 Å². The molecule has 0 aliphatic heterocycles. The van der Waals surface area contributed by atoms with Crippen molar-refractivity contribution in [2.24, 2.45) is 5.92 Å². The van der Waals surface area contributed by atoms with Gasteiger partial charge in [-0.2, -0.15) is 0 Å². The van der Waals surface area contributed by atoms with Gasteiger partial charge in [-0.1, -0.05) is 20.3 Å². The Hall–Kier alpha value is -1.55. The number of aromatic carboxylic acids is 1. The van der Waals surface area contributed by atoms with Crippen molar-refractivity contribution in [3.63, 3.8) is 0 Å². The molecule has 0 heterocycles. The van der Waals surface area contributed by atoms with Gasteiger partial charge in [0.15, 0.2) is 0 Å². The summed E-state index contributed by atoms with van der Waals surface area (Å²) in [6.45, 7) is 8.03. The Balaban J connectivity index is 2.22. The van der Waals surface area contributed by atoms with Gasteiger partial charge in [0.05, 0.1) is 5.56 Å². The first-order chi connectivity index (χ1) is 9.52. The third kappa shape index (κ3) is 6.06. The Morgan fingerprint density at radius 2 is 1.95 bits per heavy atom. The first-order valence-electron chi connectivity index (χ1n) is 7.22. The molecule has 0 saturated carbocycles. The monoisotopic (exact) mass is 279 g/mol. The minimum atomic E-state index is -0.919. The van der Waals surface area contributed by atoms with Crippen molar-refractivity contribution in [1.82, 2.24) is 5.32 Å². The van der Waals surface area contributed by atoms with E-state index in [4.69, 9.17) is 9.84 Å². The molecular weight excluding hydrogens is 254 g/mol. The first kappa shape index (κ1) is 16.5. The lowest BCUT2D eigenvalue weighted by Gasteiger charge is -2.17. The number of carboxylic acid groups (broad SMARTS) is 1. The molecular formula is C16H25NO3. The lowest BCUT2D eigenvalue weighted by molar-refractivity contribution is 0.0697. The third-order valence-electron chi connectivity index (χ3n) is 3.42. The normalized spacial score (nSPS) is 13.8. The summed E-state index contributed by atoms with van der Waals surface area (Å²) in [6.07, 6.45) is 2.38. The van der Waals surface area contributed by atoms with Crippen LogP contribution in [0.3, 0.4) is 0 Å². The summed E-state index contributed by atoms with van der Waals surface area (Å²) in [5.74, 6) is 0.519. The van der Waals surface area contributed by atoms with Gasteiger partial charge in [0.25, 0.3) is 0 Å². The van der Waals surface area contributed by atoms with E-state index in [1.807, 2.05) is 0 Å². The quantitative estimate of drug-likeness (QED) is 0.682. The first-order valence-corrected chi connectivity index (χ1v) is 7.22. The molecule has 1 rings (SSSR count). The summed E-state index contributed by atoms with van der Waals surface area (Å²) >= 11 is 0. The molecule has 0 aromatic heterocycles. The summed E-state index contributed by atoms with van der Waals surface area (Å²) in [4.78, 5) is 10.7. The molecule has 0 amide bonds. The molecule has 0 aliphatic carbocycles. The fraction of sp³-hybridized carbons (Fsp3) is 0.562. The van der Waals surface area contributed by atoms with E-state index in [0.29, 0.717) is 18.4 Å². The van der Waals surface area contributed by atoms with E-state index in [-0.39, 0.29) is 5.56 Å². The Morgan fingerprint density at radius 1 is 1.30 bits per heavy atom. The molecule has 0 saturated heterocycles. The molecule has 4 nitrogen and oxygen atoms in total. The lowest BCUT2D eigenvalue weighted by Crippen LogP contribution is -2.31. The topological polar surface area (TPSA) is 58.6 Å². The van der Waals surface area contributed by atoms with Gasteiger partial charge in [-0.05, 0) is 43.5 Å². The number of carbonyl (C=O) groups is 1. The van der Waals surface area contributed by atoms with Gasteiger partial charge < -0.3 is 15.2 Å². The van der Waals surface area contributed by atoms with Crippen molar-refractivity contribution in [2.75, 3.05) is 13.2 Å². The number of nitrogens with one attached hydrogen (secondary N) is 1. The summed E-state index contributed by atoms with van der Waals surface area (Å²) in [5.41, 5.74) is 0.276. The van der Waals surface area contributed by atoms with Gasteiger partial charge in [-0.3, -0.25) is 0 Å². The SMILES string of the molecule is CCC(C)CC(C)NCCOc1ccc(C(=O)O)cc1. The lowest BCUT2D eigenvalue weighted by atomic mass is 10.0. The second kappa shape index (κ2) is 8.59. The largest absolute Gasteiger partial charge is 0.492 e. The fourth-order valence-electron chi connectivity index (χ4n) is 2.02. The van der Waals surface area contributed by atoms with Crippen LogP contribution >= 0.6 is 0 Å². The van der Waals surface area contributed by atoms with Gasteiger partial charge >= 0.3 is 5.97 Å². The van der Waals surface area contributed by atoms with Crippen molar-refractivity contribution in [3.8, 4) is 5.75 Å². The van der Waals surface area contributed by atoms with E-state index in [2.05, 4.69) is 26.1 Å². The number of rotatable bonds is 9. The second-order valence-electron chi connectivity index (χ2n) is 5.28. The molecule has 112 valence electrons. The van der Waals surface area contributed by atoms with Crippen LogP contribution < -0.4 is 10.1 Å². The predicted molar refractivity (Wildman–Crippen MR) is 80.4 cm³/mol. The Bertz CT molecular complexity index is 403. The zero-order valence-electron chi connectivity index (χ0n) is 12.6. The van der Waals surface area contributed by atoms with Crippen LogP contribution in [0, 0.1) is 5.92 Å². The smallest absolute Gasteiger partial charge is 0.335 e. The highest BCUT2D eigenvalue weighted by Gasteiger charge is 2.06. The van der Waals surface area contributed by atoms with Crippen LogP contribution in [0.15, 0.2) is 24.3 Å². The number of hydrogen-bond donors (Lipinski definition) is 2. The average Bonchev–Trinajstić information content (AvgIpc) is 2.44. The van der Waals surface area contributed by atoms with E-state index in [1.165, 1.54) is 12.8 Å². The highest BCUT2D eigenvalue weighted by molar-refractivity contribution is 5.87. The number of carboxylic acids is 1. The zero-order valence-corrected chi connectivity index (χ0v) is 12.6. The Morgan fingerprint density at radius 3 is 2.50 bits per heavy atom. The van der Waals surface area contributed by atoms with Crippen LogP contribution in [0.5, 0.6) is 5.75 Å². The van der Waals surface area contributed by atoms with E-state index in [0.717, 1.165) is 12.5 Å². The van der Waals surface area contributed by atoms with Gasteiger partial charge in [0.2, 0.25) is 0 Å². The molecule has 2 atom stereocenters. The van der Waals surface area contributed by atoms with Crippen LogP contribution in [0.4, 0.5) is 0 Å². The summed E-state index contributed by atoms with van der Waals surface area (Å²) < 4.78 is 5.57. The van der Waals surface area contributed by atoms with Crippen molar-refractivity contribution in [3.05, 3.63) is 29.8 Å². The van der Waals surface area contributed by atoms with Crippen molar-refractivity contribution in [2.45, 2.75) is 39.7 Å². The molecule has 2 unspecified atom stereocenters. The van der Waals surface area contributed by atoms with Crippen molar-refractivity contribution in [1.29, 1.82) is 0 Å². The molecule has 0 aliphatic rings. The predicted octanol–water partition coefficient (Wildman–Crippen LogP) is 3.18. The van der Waals surface area contributed by atoms with Gasteiger partial charge in [-0.25, -0.2) is 4.79 Å². The van der Waals surface area contributed by atoms with Crippen LogP contribution in [0.1, 0.15) is 44.0 Å². The number of benzene rings is 1. The Kier molecular flexibility index (Phi) is 7.09. The molecule has 0 radical (unpaired) electrons. The van der Waals surface area contributed by atoms with Gasteiger partial charge in [0.1, 0.15) is 12.4 Å². The Labute approximate surface area is 121 Å². The van der Waals surface area contributed by atoms with Crippen molar-refractivity contribution < 1.29 is 14.6 Å².